The number of cyclic esters (lactones) is 1. The predicted octanol–water partition coefficient (Wildman–Crippen LogP) is 8.62. The molecule has 12 heteroatoms. The van der Waals surface area contributed by atoms with E-state index in [4.69, 9.17) is 9.47 Å². The van der Waals surface area contributed by atoms with E-state index in [1.807, 2.05) is 6.07 Å². The molecule has 2 unspecified atom stereocenters. The molecule has 0 saturated carbocycles. The summed E-state index contributed by atoms with van der Waals surface area (Å²) in [6.07, 6.45) is -12.6. The van der Waals surface area contributed by atoms with Gasteiger partial charge in [-0.05, 0) is 71.5 Å². The van der Waals surface area contributed by atoms with E-state index < -0.39 is 53.1 Å². The van der Waals surface area contributed by atoms with Crippen LogP contribution in [-0.4, -0.2) is 24.1 Å². The van der Waals surface area contributed by atoms with Gasteiger partial charge in [-0.15, -0.1) is 0 Å². The van der Waals surface area contributed by atoms with Gasteiger partial charge in [0, 0.05) is 11.6 Å². The SMILES string of the molecule is COc1cc(F)c(C(C)C)cc1-c1ccc(C#N)cc1CN1C(=O)OC(c2cc(C(F)(F)F)cc(C(F)(F)F)c2)C1C. The van der Waals surface area contributed by atoms with Crippen LogP contribution in [-0.2, 0) is 23.6 Å². The van der Waals surface area contributed by atoms with E-state index in [-0.39, 0.29) is 29.8 Å². The molecule has 222 valence electrons. The smallest absolute Gasteiger partial charge is 0.416 e. The Morgan fingerprint density at radius 3 is 2.12 bits per heavy atom. The van der Waals surface area contributed by atoms with Crippen molar-refractivity contribution < 1.29 is 45.0 Å². The molecular formula is C30H25F7N2O3. The van der Waals surface area contributed by atoms with E-state index in [1.165, 1.54) is 32.2 Å². The van der Waals surface area contributed by atoms with Crippen molar-refractivity contribution in [3.63, 3.8) is 0 Å². The molecule has 0 N–H and O–H groups in total. The van der Waals surface area contributed by atoms with Crippen molar-refractivity contribution in [2.45, 2.75) is 57.7 Å². The number of amides is 1. The summed E-state index contributed by atoms with van der Waals surface area (Å²) in [5.41, 5.74) is -1.55. The summed E-state index contributed by atoms with van der Waals surface area (Å²) >= 11 is 0. The highest BCUT2D eigenvalue weighted by Crippen LogP contribution is 2.42. The van der Waals surface area contributed by atoms with E-state index in [0.717, 1.165) is 4.90 Å². The van der Waals surface area contributed by atoms with Crippen LogP contribution >= 0.6 is 0 Å². The number of benzene rings is 3. The highest BCUT2D eigenvalue weighted by molar-refractivity contribution is 5.77. The second-order valence-electron chi connectivity index (χ2n) is 10.2. The Balaban J connectivity index is 1.78. The van der Waals surface area contributed by atoms with E-state index in [9.17, 15) is 40.8 Å². The van der Waals surface area contributed by atoms with E-state index in [0.29, 0.717) is 34.4 Å². The lowest BCUT2D eigenvalue weighted by Crippen LogP contribution is -2.31. The number of carbonyl (C=O) groups is 1. The highest BCUT2D eigenvalue weighted by Gasteiger charge is 2.43. The summed E-state index contributed by atoms with van der Waals surface area (Å²) in [5, 5.41) is 9.50. The number of methoxy groups -OCH3 is 1. The number of rotatable bonds is 6. The molecule has 0 aromatic heterocycles. The maximum atomic E-state index is 14.7. The first-order chi connectivity index (χ1) is 19.5. The van der Waals surface area contributed by atoms with Gasteiger partial charge in [0.05, 0.1) is 42.5 Å². The first kappa shape index (κ1) is 30.7. The molecule has 1 aliphatic heterocycles. The van der Waals surface area contributed by atoms with Gasteiger partial charge in [-0.3, -0.25) is 4.90 Å². The Morgan fingerprint density at radius 2 is 1.60 bits per heavy atom. The van der Waals surface area contributed by atoms with Crippen LogP contribution in [0.1, 0.15) is 66.2 Å². The Labute approximate surface area is 237 Å². The fourth-order valence-corrected chi connectivity index (χ4v) is 4.94. The third kappa shape index (κ3) is 6.00. The lowest BCUT2D eigenvalue weighted by molar-refractivity contribution is -0.143. The van der Waals surface area contributed by atoms with E-state index >= 15 is 0 Å². The van der Waals surface area contributed by atoms with Crippen molar-refractivity contribution in [2.75, 3.05) is 7.11 Å². The molecular weight excluding hydrogens is 569 g/mol. The van der Waals surface area contributed by atoms with E-state index in [1.54, 1.807) is 26.0 Å². The van der Waals surface area contributed by atoms with Gasteiger partial charge in [0.1, 0.15) is 17.7 Å². The van der Waals surface area contributed by atoms with Crippen LogP contribution < -0.4 is 4.74 Å². The summed E-state index contributed by atoms with van der Waals surface area (Å²) in [6.45, 7) is 4.82. The van der Waals surface area contributed by atoms with Crippen molar-refractivity contribution in [1.29, 1.82) is 5.26 Å². The van der Waals surface area contributed by atoms with Crippen LogP contribution in [0, 0.1) is 17.1 Å². The molecule has 0 aliphatic carbocycles. The molecule has 1 heterocycles. The molecule has 0 spiro atoms. The van der Waals surface area contributed by atoms with E-state index in [2.05, 4.69) is 0 Å². The molecule has 1 saturated heterocycles. The molecule has 42 heavy (non-hydrogen) atoms. The summed E-state index contributed by atoms with van der Waals surface area (Å²) in [4.78, 5) is 14.1. The fraction of sp³-hybridized carbons (Fsp3) is 0.333. The number of alkyl halides is 6. The summed E-state index contributed by atoms with van der Waals surface area (Å²) in [6, 6.07) is 9.50. The highest BCUT2D eigenvalue weighted by atomic mass is 19.4. The van der Waals surface area contributed by atoms with Crippen LogP contribution in [0.15, 0.2) is 48.5 Å². The van der Waals surface area contributed by atoms with Crippen LogP contribution in [0.4, 0.5) is 35.5 Å². The molecule has 1 fully saturated rings. The number of ether oxygens (including phenoxy) is 2. The number of nitriles is 1. The Bertz CT molecular complexity index is 1530. The van der Waals surface area contributed by atoms with Crippen molar-refractivity contribution in [3.8, 4) is 22.9 Å². The molecule has 1 aliphatic rings. The predicted molar refractivity (Wildman–Crippen MR) is 138 cm³/mol. The topological polar surface area (TPSA) is 62.6 Å². The summed E-state index contributed by atoms with van der Waals surface area (Å²) in [5.74, 6) is -0.499. The molecule has 2 atom stereocenters. The Hall–Kier alpha value is -4.27. The minimum atomic E-state index is -5.07. The van der Waals surface area contributed by atoms with Gasteiger partial charge >= 0.3 is 18.4 Å². The minimum absolute atomic E-state index is 0.00384. The van der Waals surface area contributed by atoms with Crippen molar-refractivity contribution in [3.05, 3.63) is 87.7 Å². The zero-order valence-electron chi connectivity index (χ0n) is 22.8. The lowest BCUT2D eigenvalue weighted by atomic mass is 9.92. The average Bonchev–Trinajstić information content (AvgIpc) is 3.20. The van der Waals surface area contributed by atoms with Crippen LogP contribution in [0.25, 0.3) is 11.1 Å². The van der Waals surface area contributed by atoms with Gasteiger partial charge in [-0.25, -0.2) is 9.18 Å². The maximum Gasteiger partial charge on any atom is 0.416 e. The Kier molecular flexibility index (Phi) is 8.18. The van der Waals surface area contributed by atoms with Crippen LogP contribution in [0.2, 0.25) is 0 Å². The van der Waals surface area contributed by atoms with Gasteiger partial charge in [0.15, 0.2) is 0 Å². The van der Waals surface area contributed by atoms with Crippen LogP contribution in [0.3, 0.4) is 0 Å². The summed E-state index contributed by atoms with van der Waals surface area (Å²) in [7, 11) is 1.35. The number of hydrogen-bond donors (Lipinski definition) is 0. The average molecular weight is 595 g/mol. The maximum absolute atomic E-state index is 14.7. The van der Waals surface area contributed by atoms with Gasteiger partial charge in [0.25, 0.3) is 0 Å². The minimum Gasteiger partial charge on any atom is -0.496 e. The molecule has 5 nitrogen and oxygen atoms in total. The molecule has 0 bridgehead atoms. The van der Waals surface area contributed by atoms with Gasteiger partial charge in [-0.1, -0.05) is 19.9 Å². The van der Waals surface area contributed by atoms with Crippen molar-refractivity contribution in [2.24, 2.45) is 0 Å². The van der Waals surface area contributed by atoms with Crippen molar-refractivity contribution in [1.82, 2.24) is 4.90 Å². The second kappa shape index (κ2) is 11.2. The third-order valence-electron chi connectivity index (χ3n) is 7.14. The zero-order valence-corrected chi connectivity index (χ0v) is 22.8. The molecule has 3 aromatic rings. The van der Waals surface area contributed by atoms with Gasteiger partial charge < -0.3 is 9.47 Å². The van der Waals surface area contributed by atoms with Crippen molar-refractivity contribution >= 4 is 6.09 Å². The quantitative estimate of drug-likeness (QED) is 0.268. The normalized spacial score (nSPS) is 17.4. The fourth-order valence-electron chi connectivity index (χ4n) is 4.94. The Morgan fingerprint density at radius 1 is 0.976 bits per heavy atom. The van der Waals surface area contributed by atoms with Crippen LogP contribution in [0.5, 0.6) is 5.75 Å². The van der Waals surface area contributed by atoms with Gasteiger partial charge in [0.2, 0.25) is 0 Å². The second-order valence-corrected chi connectivity index (χ2v) is 10.2. The monoisotopic (exact) mass is 594 g/mol. The third-order valence-corrected chi connectivity index (χ3v) is 7.14. The number of halogens is 7. The zero-order chi connectivity index (χ0) is 31.1. The molecule has 0 radical (unpaired) electrons. The van der Waals surface area contributed by atoms with Gasteiger partial charge in [-0.2, -0.15) is 31.6 Å². The number of hydrogen-bond acceptors (Lipinski definition) is 4. The summed E-state index contributed by atoms with van der Waals surface area (Å²) < 4.78 is 106. The molecule has 3 aromatic carbocycles. The molecule has 1 amide bonds. The first-order valence-corrected chi connectivity index (χ1v) is 12.7. The number of nitrogens with zero attached hydrogens (tertiary/aromatic N) is 2. The largest absolute Gasteiger partial charge is 0.496 e. The first-order valence-electron chi connectivity index (χ1n) is 12.7. The molecule has 4 rings (SSSR count). The number of carbonyl (C=O) groups excluding carboxylic acids is 1. The standard InChI is InChI=1S/C30H25F7N2O3/c1-15(2)23-11-24(26(41-4)12-25(23)31)22-6-5-17(13-38)7-19(22)14-39-16(3)27(42-28(39)40)18-8-20(29(32,33)34)10-21(9-18)30(35,36)37/h5-12,15-16,27H,14H2,1-4H3. The lowest BCUT2D eigenvalue weighted by Gasteiger charge is -2.24.